The van der Waals surface area contributed by atoms with Gasteiger partial charge in [-0.25, -0.2) is 4.79 Å². The lowest BCUT2D eigenvalue weighted by Gasteiger charge is -2.06. The number of amides is 1. The maximum Gasteiger partial charge on any atom is 0.336 e. The number of anilines is 1. The van der Waals surface area contributed by atoms with E-state index in [1.807, 2.05) is 26.0 Å². The fraction of sp³-hybridized carbons (Fsp3) is 0.286. The summed E-state index contributed by atoms with van der Waals surface area (Å²) in [5.74, 6) is -0.0353. The van der Waals surface area contributed by atoms with Gasteiger partial charge in [-0.3, -0.25) is 4.79 Å². The fourth-order valence-electron chi connectivity index (χ4n) is 1.85. The highest BCUT2D eigenvalue weighted by Crippen LogP contribution is 2.20. The molecule has 4 nitrogen and oxygen atoms in total. The summed E-state index contributed by atoms with van der Waals surface area (Å²) in [5, 5.41) is 3.65. The molecule has 1 heterocycles. The zero-order valence-electron chi connectivity index (χ0n) is 10.4. The summed E-state index contributed by atoms with van der Waals surface area (Å²) >= 11 is 0. The molecule has 18 heavy (non-hydrogen) atoms. The Bertz CT molecular complexity index is 643. The van der Waals surface area contributed by atoms with Gasteiger partial charge in [0.15, 0.2) is 0 Å². The smallest absolute Gasteiger partial charge is 0.336 e. The van der Waals surface area contributed by atoms with Crippen molar-refractivity contribution in [2.75, 3.05) is 5.32 Å². The minimum Gasteiger partial charge on any atom is -0.423 e. The fourth-order valence-corrected chi connectivity index (χ4v) is 1.85. The molecule has 0 spiro atoms. The second-order valence-electron chi connectivity index (χ2n) is 4.26. The van der Waals surface area contributed by atoms with Gasteiger partial charge in [0.05, 0.1) is 0 Å². The molecule has 0 bridgehead atoms. The topological polar surface area (TPSA) is 59.3 Å². The molecule has 94 valence electrons. The maximum absolute atomic E-state index is 11.5. The summed E-state index contributed by atoms with van der Waals surface area (Å²) in [4.78, 5) is 22.8. The van der Waals surface area contributed by atoms with E-state index in [0.717, 1.165) is 17.4 Å². The van der Waals surface area contributed by atoms with Gasteiger partial charge in [0.25, 0.3) is 0 Å². The molecule has 1 aromatic carbocycles. The Hall–Kier alpha value is -2.10. The van der Waals surface area contributed by atoms with Crippen molar-refractivity contribution in [3.8, 4) is 0 Å². The number of rotatable bonds is 3. The monoisotopic (exact) mass is 245 g/mol. The molecular formula is C14H15NO3. The van der Waals surface area contributed by atoms with E-state index in [4.69, 9.17) is 4.42 Å². The third-order valence-electron chi connectivity index (χ3n) is 2.71. The van der Waals surface area contributed by atoms with Crippen molar-refractivity contribution in [1.82, 2.24) is 0 Å². The molecule has 0 aliphatic heterocycles. The van der Waals surface area contributed by atoms with Gasteiger partial charge in [-0.05, 0) is 31.0 Å². The van der Waals surface area contributed by atoms with E-state index in [9.17, 15) is 9.59 Å². The van der Waals surface area contributed by atoms with Gasteiger partial charge in [0.1, 0.15) is 5.58 Å². The third-order valence-corrected chi connectivity index (χ3v) is 2.71. The van der Waals surface area contributed by atoms with Crippen molar-refractivity contribution in [3.05, 3.63) is 40.2 Å². The van der Waals surface area contributed by atoms with Gasteiger partial charge in [-0.1, -0.05) is 6.92 Å². The molecule has 1 aromatic heterocycles. The second-order valence-corrected chi connectivity index (χ2v) is 4.26. The van der Waals surface area contributed by atoms with Crippen LogP contribution >= 0.6 is 0 Å². The minimum absolute atomic E-state index is 0.0353. The number of hydrogen-bond donors (Lipinski definition) is 1. The molecule has 1 N–H and O–H groups in total. The van der Waals surface area contributed by atoms with E-state index in [1.165, 1.54) is 6.07 Å². The van der Waals surface area contributed by atoms with Crippen molar-refractivity contribution in [1.29, 1.82) is 0 Å². The molecule has 0 atom stereocenters. The number of carbonyl (C=O) groups excluding carboxylic acids is 1. The molecule has 4 heteroatoms. The largest absolute Gasteiger partial charge is 0.423 e. The highest BCUT2D eigenvalue weighted by Gasteiger charge is 2.05. The number of nitrogens with one attached hydrogen (secondary N) is 1. The van der Waals surface area contributed by atoms with Crippen molar-refractivity contribution < 1.29 is 9.21 Å². The lowest BCUT2D eigenvalue weighted by Crippen LogP contribution is -2.10. The van der Waals surface area contributed by atoms with Gasteiger partial charge < -0.3 is 9.73 Å². The summed E-state index contributed by atoms with van der Waals surface area (Å²) in [7, 11) is 0. The Labute approximate surface area is 105 Å². The van der Waals surface area contributed by atoms with E-state index in [0.29, 0.717) is 17.7 Å². The average Bonchev–Trinajstić information content (AvgIpc) is 2.28. The van der Waals surface area contributed by atoms with Crippen LogP contribution in [-0.4, -0.2) is 5.91 Å². The number of carbonyl (C=O) groups is 1. The Morgan fingerprint density at radius 3 is 2.83 bits per heavy atom. The molecule has 0 saturated carbocycles. The van der Waals surface area contributed by atoms with Crippen LogP contribution in [0.5, 0.6) is 0 Å². The molecular weight excluding hydrogens is 230 g/mol. The maximum atomic E-state index is 11.5. The first-order valence-corrected chi connectivity index (χ1v) is 5.94. The standard InChI is InChI=1S/C14H15NO3/c1-3-4-13(16)15-10-5-6-11-9(2)7-14(17)18-12(11)8-10/h5-8H,3-4H2,1-2H3,(H,15,16). The molecule has 0 radical (unpaired) electrons. The summed E-state index contributed by atoms with van der Waals surface area (Å²) in [6, 6.07) is 6.78. The third kappa shape index (κ3) is 2.59. The van der Waals surface area contributed by atoms with Crippen LogP contribution in [0, 0.1) is 6.92 Å². The SMILES string of the molecule is CCCC(=O)Nc1ccc2c(C)cc(=O)oc2c1. The zero-order valence-corrected chi connectivity index (χ0v) is 10.4. The molecule has 2 rings (SSSR count). The van der Waals surface area contributed by atoms with Gasteiger partial charge in [-0.15, -0.1) is 0 Å². The molecule has 0 aliphatic rings. The minimum atomic E-state index is -0.378. The first-order valence-electron chi connectivity index (χ1n) is 5.94. The molecule has 0 aliphatic carbocycles. The Kier molecular flexibility index (Phi) is 3.46. The van der Waals surface area contributed by atoms with E-state index >= 15 is 0 Å². The number of hydrogen-bond acceptors (Lipinski definition) is 3. The zero-order chi connectivity index (χ0) is 13.1. The lowest BCUT2D eigenvalue weighted by molar-refractivity contribution is -0.116. The van der Waals surface area contributed by atoms with Crippen molar-refractivity contribution in [2.24, 2.45) is 0 Å². The predicted molar refractivity (Wildman–Crippen MR) is 70.8 cm³/mol. The first kappa shape index (κ1) is 12.4. The van der Waals surface area contributed by atoms with Crippen molar-refractivity contribution in [2.45, 2.75) is 26.7 Å². The summed E-state index contributed by atoms with van der Waals surface area (Å²) in [6.45, 7) is 3.80. The average molecular weight is 245 g/mol. The Morgan fingerprint density at radius 2 is 2.11 bits per heavy atom. The van der Waals surface area contributed by atoms with Gasteiger partial charge in [0, 0.05) is 29.6 Å². The molecule has 2 aromatic rings. The Morgan fingerprint density at radius 1 is 1.33 bits per heavy atom. The highest BCUT2D eigenvalue weighted by molar-refractivity contribution is 5.93. The van der Waals surface area contributed by atoms with Crippen LogP contribution in [0.15, 0.2) is 33.5 Å². The van der Waals surface area contributed by atoms with Gasteiger partial charge in [-0.2, -0.15) is 0 Å². The number of aryl methyl sites for hydroxylation is 1. The van der Waals surface area contributed by atoms with Crippen LogP contribution in [0.4, 0.5) is 5.69 Å². The molecule has 0 saturated heterocycles. The molecule has 1 amide bonds. The predicted octanol–water partition coefficient (Wildman–Crippen LogP) is 2.84. The van der Waals surface area contributed by atoms with Crippen LogP contribution in [0.1, 0.15) is 25.3 Å². The number of fused-ring (bicyclic) bond motifs is 1. The molecule has 0 fully saturated rings. The van der Waals surface area contributed by atoms with E-state index in [-0.39, 0.29) is 11.5 Å². The highest BCUT2D eigenvalue weighted by atomic mass is 16.4. The number of benzene rings is 1. The summed E-state index contributed by atoms with van der Waals surface area (Å²) in [5.41, 5.74) is 1.63. The van der Waals surface area contributed by atoms with Gasteiger partial charge in [0.2, 0.25) is 5.91 Å². The van der Waals surface area contributed by atoms with Crippen LogP contribution in [0.2, 0.25) is 0 Å². The van der Waals surface area contributed by atoms with Crippen LogP contribution in [-0.2, 0) is 4.79 Å². The quantitative estimate of drug-likeness (QED) is 0.846. The summed E-state index contributed by atoms with van der Waals surface area (Å²) < 4.78 is 5.12. The van der Waals surface area contributed by atoms with Gasteiger partial charge >= 0.3 is 5.63 Å². The van der Waals surface area contributed by atoms with Crippen LogP contribution in [0.25, 0.3) is 11.0 Å². The van der Waals surface area contributed by atoms with Crippen LogP contribution in [0.3, 0.4) is 0 Å². The lowest BCUT2D eigenvalue weighted by atomic mass is 10.1. The summed E-state index contributed by atoms with van der Waals surface area (Å²) in [6.07, 6.45) is 1.28. The van der Waals surface area contributed by atoms with Crippen LogP contribution < -0.4 is 10.9 Å². The molecule has 0 unspecified atom stereocenters. The first-order chi connectivity index (χ1) is 8.60. The van der Waals surface area contributed by atoms with Crippen molar-refractivity contribution >= 4 is 22.6 Å². The van der Waals surface area contributed by atoms with E-state index < -0.39 is 0 Å². The second kappa shape index (κ2) is 5.04. The van der Waals surface area contributed by atoms with E-state index in [2.05, 4.69) is 5.32 Å². The Balaban J connectivity index is 2.38. The van der Waals surface area contributed by atoms with Crippen molar-refractivity contribution in [3.63, 3.8) is 0 Å². The van der Waals surface area contributed by atoms with E-state index in [1.54, 1.807) is 6.07 Å². The normalized spacial score (nSPS) is 10.6.